The Labute approximate surface area is 206 Å². The van der Waals surface area contributed by atoms with E-state index in [4.69, 9.17) is 25.8 Å². The quantitative estimate of drug-likeness (QED) is 0.299. The number of carbonyl (C=O) groups is 4. The molecule has 2 aromatic carbocycles. The van der Waals surface area contributed by atoms with Gasteiger partial charge in [0.15, 0.2) is 17.6 Å². The maximum Gasteiger partial charge on any atom is 0.312 e. The van der Waals surface area contributed by atoms with E-state index < -0.39 is 41.4 Å². The lowest BCUT2D eigenvalue weighted by Crippen LogP contribution is -2.43. The summed E-state index contributed by atoms with van der Waals surface area (Å²) in [6, 6.07) is 9.34. The minimum atomic E-state index is -1.18. The topological polar surface area (TPSA) is 111 Å². The monoisotopic (exact) mass is 506 g/mol. The minimum absolute atomic E-state index is 0.0436. The highest BCUT2D eigenvalue weighted by atomic mass is 35.5. The number of amides is 2. The predicted molar refractivity (Wildman–Crippen MR) is 123 cm³/mol. The molecule has 1 saturated heterocycles. The Hall–Kier alpha value is -3.66. The standard InChI is InChI=1S/C24H24ClFN2O7/c1-33-18-8-5-15(11-20(18)34-2)23(31)27-28-13-16(12-21(28)29)24(32)35-19(9-10-25)22(30)14-3-6-17(26)7-4-14/h3-8,11,16,19H,9-10,12-13H2,1-2H3,(H,27,31). The molecule has 2 atom stereocenters. The van der Waals surface area contributed by atoms with E-state index in [1.165, 1.54) is 38.5 Å². The van der Waals surface area contributed by atoms with Crippen molar-refractivity contribution in [1.82, 2.24) is 10.4 Å². The number of alkyl halides is 1. The number of nitrogens with one attached hydrogen (secondary N) is 1. The van der Waals surface area contributed by atoms with E-state index in [0.717, 1.165) is 17.1 Å². The first kappa shape index (κ1) is 26.0. The molecule has 0 bridgehead atoms. The van der Waals surface area contributed by atoms with E-state index in [-0.39, 0.29) is 36.4 Å². The number of nitrogens with zero attached hydrogens (tertiary/aromatic N) is 1. The summed E-state index contributed by atoms with van der Waals surface area (Å²) in [5.74, 6) is -2.95. The third-order valence-corrected chi connectivity index (χ3v) is 5.61. The number of rotatable bonds is 10. The maximum atomic E-state index is 13.2. The molecule has 186 valence electrons. The number of halogens is 2. The first-order valence-electron chi connectivity index (χ1n) is 10.7. The molecule has 0 aliphatic carbocycles. The number of benzene rings is 2. The molecule has 0 spiro atoms. The molecule has 0 saturated carbocycles. The number of hydrogen-bond donors (Lipinski definition) is 1. The van der Waals surface area contributed by atoms with Crippen LogP contribution in [0, 0.1) is 11.7 Å². The summed E-state index contributed by atoms with van der Waals surface area (Å²) in [5, 5.41) is 1.03. The lowest BCUT2D eigenvalue weighted by atomic mass is 10.0. The summed E-state index contributed by atoms with van der Waals surface area (Å²) in [5.41, 5.74) is 2.85. The van der Waals surface area contributed by atoms with Gasteiger partial charge < -0.3 is 14.2 Å². The van der Waals surface area contributed by atoms with Crippen molar-refractivity contribution >= 4 is 35.2 Å². The van der Waals surface area contributed by atoms with Crippen molar-refractivity contribution in [2.24, 2.45) is 5.92 Å². The SMILES string of the molecule is COc1ccc(C(=O)NN2CC(C(=O)OC(CCCl)C(=O)c3ccc(F)cc3)CC2=O)cc1OC. The normalized spacial score (nSPS) is 15.9. The second-order valence-corrected chi connectivity index (χ2v) is 8.07. The molecule has 1 fully saturated rings. The Morgan fingerprint density at radius 3 is 2.37 bits per heavy atom. The number of ketones is 1. The second-order valence-electron chi connectivity index (χ2n) is 7.69. The highest BCUT2D eigenvalue weighted by molar-refractivity contribution is 6.18. The number of methoxy groups -OCH3 is 2. The molecule has 1 N–H and O–H groups in total. The molecule has 2 unspecified atom stereocenters. The van der Waals surface area contributed by atoms with Gasteiger partial charge in [0.2, 0.25) is 11.7 Å². The molecule has 0 aromatic heterocycles. The van der Waals surface area contributed by atoms with Crippen LogP contribution in [0.3, 0.4) is 0 Å². The van der Waals surface area contributed by atoms with Gasteiger partial charge in [-0.25, -0.2) is 4.39 Å². The van der Waals surface area contributed by atoms with Gasteiger partial charge in [-0.2, -0.15) is 0 Å². The highest BCUT2D eigenvalue weighted by Gasteiger charge is 2.38. The number of hydrogen-bond acceptors (Lipinski definition) is 7. The van der Waals surface area contributed by atoms with Crippen molar-refractivity contribution in [3.63, 3.8) is 0 Å². The maximum absolute atomic E-state index is 13.2. The molecule has 1 heterocycles. The van der Waals surface area contributed by atoms with Gasteiger partial charge in [0.25, 0.3) is 5.91 Å². The largest absolute Gasteiger partial charge is 0.493 e. The molecule has 35 heavy (non-hydrogen) atoms. The molecule has 0 radical (unpaired) electrons. The van der Waals surface area contributed by atoms with Crippen LogP contribution in [-0.4, -0.2) is 61.3 Å². The van der Waals surface area contributed by atoms with Crippen LogP contribution in [0.1, 0.15) is 33.6 Å². The highest BCUT2D eigenvalue weighted by Crippen LogP contribution is 2.28. The predicted octanol–water partition coefficient (Wildman–Crippen LogP) is 2.76. The van der Waals surface area contributed by atoms with Gasteiger partial charge in [0, 0.05) is 29.8 Å². The molecular formula is C24H24ClFN2O7. The van der Waals surface area contributed by atoms with Crippen LogP contribution in [0.2, 0.25) is 0 Å². The van der Waals surface area contributed by atoms with Gasteiger partial charge in [0.1, 0.15) is 5.82 Å². The Bertz CT molecular complexity index is 1110. The first-order valence-corrected chi connectivity index (χ1v) is 11.2. The van der Waals surface area contributed by atoms with Gasteiger partial charge in [-0.3, -0.25) is 29.6 Å². The Morgan fingerprint density at radius 2 is 1.74 bits per heavy atom. The third kappa shape index (κ3) is 6.27. The first-order chi connectivity index (χ1) is 16.8. The van der Waals surface area contributed by atoms with E-state index >= 15 is 0 Å². The van der Waals surface area contributed by atoms with Crippen LogP contribution >= 0.6 is 11.6 Å². The Balaban J connectivity index is 1.63. The van der Waals surface area contributed by atoms with Crippen molar-refractivity contribution in [3.05, 3.63) is 59.4 Å². The van der Waals surface area contributed by atoms with E-state index in [1.54, 1.807) is 6.07 Å². The molecule has 2 amide bonds. The molecule has 3 rings (SSSR count). The number of esters is 1. The van der Waals surface area contributed by atoms with Crippen LogP contribution in [-0.2, 0) is 14.3 Å². The fraction of sp³-hybridized carbons (Fsp3) is 0.333. The average molecular weight is 507 g/mol. The van der Waals surface area contributed by atoms with Crippen LogP contribution in [0.15, 0.2) is 42.5 Å². The van der Waals surface area contributed by atoms with Gasteiger partial charge in [-0.05, 0) is 42.5 Å². The summed E-state index contributed by atoms with van der Waals surface area (Å²) in [6.45, 7) is -0.130. The minimum Gasteiger partial charge on any atom is -0.493 e. The van der Waals surface area contributed by atoms with Gasteiger partial charge in [0.05, 0.1) is 26.7 Å². The van der Waals surface area contributed by atoms with Crippen molar-refractivity contribution < 1.29 is 37.8 Å². The van der Waals surface area contributed by atoms with Gasteiger partial charge >= 0.3 is 5.97 Å². The number of Topliss-reactive ketones (excluding diaryl/α,β-unsaturated/α-hetero) is 1. The van der Waals surface area contributed by atoms with Crippen LogP contribution in [0.4, 0.5) is 4.39 Å². The zero-order valence-corrected chi connectivity index (χ0v) is 19.8. The number of ether oxygens (including phenoxy) is 3. The van der Waals surface area contributed by atoms with E-state index in [2.05, 4.69) is 5.43 Å². The molecule has 9 nitrogen and oxygen atoms in total. The van der Waals surface area contributed by atoms with Crippen molar-refractivity contribution in [1.29, 1.82) is 0 Å². The zero-order valence-electron chi connectivity index (χ0n) is 19.1. The van der Waals surface area contributed by atoms with Gasteiger partial charge in [-0.15, -0.1) is 11.6 Å². The fourth-order valence-electron chi connectivity index (χ4n) is 3.52. The van der Waals surface area contributed by atoms with Crippen LogP contribution in [0.25, 0.3) is 0 Å². The van der Waals surface area contributed by atoms with E-state index in [1.807, 2.05) is 0 Å². The van der Waals surface area contributed by atoms with Crippen molar-refractivity contribution in [2.75, 3.05) is 26.6 Å². The lowest BCUT2D eigenvalue weighted by Gasteiger charge is -2.20. The number of carbonyl (C=O) groups excluding carboxylic acids is 4. The van der Waals surface area contributed by atoms with Crippen LogP contribution < -0.4 is 14.9 Å². The third-order valence-electron chi connectivity index (χ3n) is 5.39. The zero-order chi connectivity index (χ0) is 25.5. The lowest BCUT2D eigenvalue weighted by molar-refractivity contribution is -0.151. The van der Waals surface area contributed by atoms with Crippen molar-refractivity contribution in [2.45, 2.75) is 18.9 Å². The Morgan fingerprint density at radius 1 is 1.09 bits per heavy atom. The molecular weight excluding hydrogens is 483 g/mol. The summed E-state index contributed by atoms with van der Waals surface area (Å²) >= 11 is 5.77. The summed E-state index contributed by atoms with van der Waals surface area (Å²) in [7, 11) is 2.89. The molecule has 1 aliphatic rings. The van der Waals surface area contributed by atoms with E-state index in [9.17, 15) is 23.6 Å². The van der Waals surface area contributed by atoms with E-state index in [0.29, 0.717) is 11.5 Å². The van der Waals surface area contributed by atoms with Gasteiger partial charge in [-0.1, -0.05) is 0 Å². The molecule has 2 aromatic rings. The second kappa shape index (κ2) is 11.7. The molecule has 1 aliphatic heterocycles. The summed E-state index contributed by atoms with van der Waals surface area (Å²) < 4.78 is 28.9. The fourth-order valence-corrected chi connectivity index (χ4v) is 3.72. The van der Waals surface area contributed by atoms with Crippen LogP contribution in [0.5, 0.6) is 11.5 Å². The average Bonchev–Trinajstić information content (AvgIpc) is 3.23. The Kier molecular flexibility index (Phi) is 8.64. The summed E-state index contributed by atoms with van der Waals surface area (Å²) in [4.78, 5) is 50.5. The molecule has 11 heteroatoms. The van der Waals surface area contributed by atoms with Crippen molar-refractivity contribution in [3.8, 4) is 11.5 Å². The summed E-state index contributed by atoms with van der Waals surface area (Å²) in [6.07, 6.45) is -1.34. The smallest absolute Gasteiger partial charge is 0.312 e. The number of hydrazine groups is 1.